The Hall–Kier alpha value is -1.91. The van der Waals surface area contributed by atoms with Gasteiger partial charge in [-0.3, -0.25) is 14.6 Å². The van der Waals surface area contributed by atoms with E-state index >= 15 is 0 Å². The van der Waals surface area contributed by atoms with Gasteiger partial charge in [0, 0.05) is 38.3 Å². The Kier molecular flexibility index (Phi) is 4.49. The number of nitrogens with one attached hydrogen (secondary N) is 1. The molecular weight excluding hydrogens is 242 g/mol. The largest absolute Gasteiger partial charge is 0.351 e. The molecule has 0 aromatic carbocycles. The molecule has 2 rings (SSSR count). The molecule has 0 aliphatic carbocycles. The monoisotopic (exact) mass is 261 g/mol. The molecule has 5 nitrogen and oxygen atoms in total. The first kappa shape index (κ1) is 13.5. The third-order valence-electron chi connectivity index (χ3n) is 3.32. The molecule has 1 aliphatic rings. The minimum atomic E-state index is -0.0335. The molecule has 1 saturated heterocycles. The Morgan fingerprint density at radius 2 is 2.42 bits per heavy atom. The lowest BCUT2D eigenvalue weighted by molar-refractivity contribution is -0.127. The molecule has 5 heteroatoms. The zero-order chi connectivity index (χ0) is 13.7. The van der Waals surface area contributed by atoms with Crippen LogP contribution in [0.1, 0.15) is 25.3 Å². The molecule has 0 unspecified atom stereocenters. The van der Waals surface area contributed by atoms with Crippen molar-refractivity contribution in [1.29, 1.82) is 0 Å². The molecule has 2 heterocycles. The van der Waals surface area contributed by atoms with Crippen LogP contribution in [0.4, 0.5) is 0 Å². The van der Waals surface area contributed by atoms with Crippen LogP contribution in [0.15, 0.2) is 24.5 Å². The molecule has 0 saturated carbocycles. The third kappa shape index (κ3) is 3.77. The number of pyridine rings is 1. The van der Waals surface area contributed by atoms with E-state index in [0.717, 1.165) is 5.56 Å². The Balaban J connectivity index is 1.75. The van der Waals surface area contributed by atoms with Gasteiger partial charge in [0.15, 0.2) is 0 Å². The second-order valence-electron chi connectivity index (χ2n) is 4.76. The number of amides is 2. The number of aromatic nitrogens is 1. The Morgan fingerprint density at radius 1 is 1.58 bits per heavy atom. The van der Waals surface area contributed by atoms with Crippen molar-refractivity contribution in [2.75, 3.05) is 13.1 Å². The molecular formula is C14H19N3O2. The average molecular weight is 261 g/mol. The van der Waals surface area contributed by atoms with Crippen LogP contribution in [-0.2, 0) is 16.0 Å². The number of carbonyl (C=O) groups is 2. The molecule has 1 fully saturated rings. The van der Waals surface area contributed by atoms with E-state index in [1.807, 2.05) is 19.1 Å². The summed E-state index contributed by atoms with van der Waals surface area (Å²) in [6.07, 6.45) is 5.02. The van der Waals surface area contributed by atoms with Crippen molar-refractivity contribution in [1.82, 2.24) is 15.2 Å². The number of rotatable bonds is 5. The third-order valence-corrected chi connectivity index (χ3v) is 3.32. The van der Waals surface area contributed by atoms with Crippen LogP contribution in [0.3, 0.4) is 0 Å². The van der Waals surface area contributed by atoms with Crippen LogP contribution in [0.5, 0.6) is 0 Å². The maximum Gasteiger partial charge on any atom is 0.224 e. The van der Waals surface area contributed by atoms with Gasteiger partial charge in [-0.2, -0.15) is 0 Å². The van der Waals surface area contributed by atoms with Gasteiger partial charge in [0.25, 0.3) is 0 Å². The number of nitrogens with zero attached hydrogens (tertiary/aromatic N) is 2. The number of hydrogen-bond acceptors (Lipinski definition) is 3. The molecule has 1 aromatic rings. The zero-order valence-electron chi connectivity index (χ0n) is 11.1. The van der Waals surface area contributed by atoms with E-state index < -0.39 is 0 Å². The smallest absolute Gasteiger partial charge is 0.224 e. The van der Waals surface area contributed by atoms with E-state index in [-0.39, 0.29) is 17.9 Å². The maximum absolute atomic E-state index is 11.8. The lowest BCUT2D eigenvalue weighted by Gasteiger charge is -2.14. The first-order valence-corrected chi connectivity index (χ1v) is 6.65. The maximum atomic E-state index is 11.8. The van der Waals surface area contributed by atoms with Crippen molar-refractivity contribution in [2.24, 2.45) is 0 Å². The van der Waals surface area contributed by atoms with Crippen molar-refractivity contribution in [3.8, 4) is 0 Å². The lowest BCUT2D eigenvalue weighted by Crippen LogP contribution is -2.37. The Bertz CT molecular complexity index is 447. The quantitative estimate of drug-likeness (QED) is 0.851. The standard InChI is InChI=1S/C14H19N3O2/c1-2-17-10-12(8-14(17)19)16-13(18)6-5-11-4-3-7-15-9-11/h3-4,7,9,12H,2,5-6,8,10H2,1H3,(H,16,18)/t12-/m1/s1. The first-order chi connectivity index (χ1) is 9.19. The highest BCUT2D eigenvalue weighted by atomic mass is 16.2. The highest BCUT2D eigenvalue weighted by molar-refractivity contribution is 5.82. The number of carbonyl (C=O) groups excluding carboxylic acids is 2. The van der Waals surface area contributed by atoms with Crippen LogP contribution in [-0.4, -0.2) is 40.8 Å². The van der Waals surface area contributed by atoms with Gasteiger partial charge < -0.3 is 10.2 Å². The molecule has 1 aliphatic heterocycles. The first-order valence-electron chi connectivity index (χ1n) is 6.65. The summed E-state index contributed by atoms with van der Waals surface area (Å²) in [6, 6.07) is 3.79. The molecule has 1 aromatic heterocycles. The summed E-state index contributed by atoms with van der Waals surface area (Å²) in [7, 11) is 0. The fourth-order valence-corrected chi connectivity index (χ4v) is 2.28. The highest BCUT2D eigenvalue weighted by Gasteiger charge is 2.29. The second kappa shape index (κ2) is 6.31. The van der Waals surface area contributed by atoms with Crippen LogP contribution in [0.2, 0.25) is 0 Å². The van der Waals surface area contributed by atoms with Crippen molar-refractivity contribution in [2.45, 2.75) is 32.2 Å². The number of hydrogen-bond donors (Lipinski definition) is 1. The fraction of sp³-hybridized carbons (Fsp3) is 0.500. The van der Waals surface area contributed by atoms with Gasteiger partial charge in [-0.15, -0.1) is 0 Å². The summed E-state index contributed by atoms with van der Waals surface area (Å²) < 4.78 is 0. The van der Waals surface area contributed by atoms with Gasteiger partial charge in [-0.05, 0) is 25.0 Å². The van der Waals surface area contributed by atoms with Gasteiger partial charge in [0.1, 0.15) is 0 Å². The molecule has 1 N–H and O–H groups in total. The van der Waals surface area contributed by atoms with Crippen molar-refractivity contribution in [3.63, 3.8) is 0 Å². The summed E-state index contributed by atoms with van der Waals surface area (Å²) in [5.41, 5.74) is 1.05. The van der Waals surface area contributed by atoms with Gasteiger partial charge in [0.2, 0.25) is 11.8 Å². The molecule has 1 atom stereocenters. The zero-order valence-corrected chi connectivity index (χ0v) is 11.1. The molecule has 0 bridgehead atoms. The van der Waals surface area contributed by atoms with Gasteiger partial charge >= 0.3 is 0 Å². The van der Waals surface area contributed by atoms with Crippen LogP contribution >= 0.6 is 0 Å². The van der Waals surface area contributed by atoms with E-state index in [4.69, 9.17) is 0 Å². The molecule has 0 spiro atoms. The molecule has 0 radical (unpaired) electrons. The summed E-state index contributed by atoms with van der Waals surface area (Å²) >= 11 is 0. The van der Waals surface area contributed by atoms with E-state index in [0.29, 0.717) is 32.4 Å². The van der Waals surface area contributed by atoms with Crippen LogP contribution in [0.25, 0.3) is 0 Å². The van der Waals surface area contributed by atoms with E-state index in [1.165, 1.54) is 0 Å². The number of likely N-dealkylation sites (N-methyl/N-ethyl adjacent to an activating group) is 1. The highest BCUT2D eigenvalue weighted by Crippen LogP contribution is 2.10. The minimum absolute atomic E-state index is 0.000365. The topological polar surface area (TPSA) is 62.3 Å². The SMILES string of the molecule is CCN1C[C@H](NC(=O)CCc2cccnc2)CC1=O. The van der Waals surface area contributed by atoms with E-state index in [9.17, 15) is 9.59 Å². The van der Waals surface area contributed by atoms with Gasteiger partial charge in [-0.25, -0.2) is 0 Å². The van der Waals surface area contributed by atoms with Crippen LogP contribution in [0, 0.1) is 0 Å². The van der Waals surface area contributed by atoms with Gasteiger partial charge in [-0.1, -0.05) is 6.07 Å². The summed E-state index contributed by atoms with van der Waals surface area (Å²) in [6.45, 7) is 3.29. The van der Waals surface area contributed by atoms with Gasteiger partial charge in [0.05, 0.1) is 6.04 Å². The summed E-state index contributed by atoms with van der Waals surface area (Å²) in [5, 5.41) is 2.92. The van der Waals surface area contributed by atoms with Crippen molar-refractivity contribution < 1.29 is 9.59 Å². The van der Waals surface area contributed by atoms with E-state index in [1.54, 1.807) is 17.3 Å². The summed E-state index contributed by atoms with van der Waals surface area (Å²) in [5.74, 6) is 0.125. The number of likely N-dealkylation sites (tertiary alicyclic amines) is 1. The predicted octanol–water partition coefficient (Wildman–Crippen LogP) is 0.751. The van der Waals surface area contributed by atoms with Crippen LogP contribution < -0.4 is 5.32 Å². The van der Waals surface area contributed by atoms with E-state index in [2.05, 4.69) is 10.3 Å². The fourth-order valence-electron chi connectivity index (χ4n) is 2.28. The summed E-state index contributed by atoms with van der Waals surface area (Å²) in [4.78, 5) is 29.1. The molecule has 2 amide bonds. The van der Waals surface area contributed by atoms with Crippen molar-refractivity contribution >= 4 is 11.8 Å². The Labute approximate surface area is 113 Å². The number of aryl methyl sites for hydroxylation is 1. The second-order valence-corrected chi connectivity index (χ2v) is 4.76. The molecule has 19 heavy (non-hydrogen) atoms. The Morgan fingerprint density at radius 3 is 3.05 bits per heavy atom. The minimum Gasteiger partial charge on any atom is -0.351 e. The lowest BCUT2D eigenvalue weighted by atomic mass is 10.1. The normalized spacial score (nSPS) is 18.7. The predicted molar refractivity (Wildman–Crippen MR) is 71.4 cm³/mol. The van der Waals surface area contributed by atoms with Crippen molar-refractivity contribution in [3.05, 3.63) is 30.1 Å². The molecule has 102 valence electrons. The average Bonchev–Trinajstić information content (AvgIpc) is 2.77.